The maximum Gasteiger partial charge on any atom is 0.159 e. The summed E-state index contributed by atoms with van der Waals surface area (Å²) < 4.78 is 13.4. The zero-order valence-electron chi connectivity index (χ0n) is 81.8. The molecule has 8 heterocycles. The highest BCUT2D eigenvalue weighted by molar-refractivity contribution is 7.03. The molecule has 0 amide bonds. The largest absolute Gasteiger partial charge is 0.456 e. The number of benzene rings is 21. The number of rotatable bonds is 12. The van der Waals surface area contributed by atoms with Gasteiger partial charge in [-0.2, -0.15) is 0 Å². The lowest BCUT2D eigenvalue weighted by Crippen LogP contribution is -2.49. The molecule has 0 atom stereocenters. The number of para-hydroxylation sites is 6. The molecule has 0 saturated carbocycles. The third-order valence-corrected chi connectivity index (χ3v) is 34.6. The van der Waals surface area contributed by atoms with Crippen LogP contribution in [0.3, 0.4) is 0 Å². The first kappa shape index (κ1) is 87.0. The normalized spacial score (nSPS) is 12.7. The van der Waals surface area contributed by atoms with Gasteiger partial charge in [-0.15, -0.1) is 0 Å². The standard InChI is InChI=1S/C48H34N2.C46H33N3Si.C44H27N3O/c1-48(2)43-13-7-5-11-39(43)40-25-21-36(30-44(40)48)32-19-23-37(24-20-32)50-45-14-8-6-12-41(45)42-29-35(22-26-46(42)50)31-15-17-34(18-16-31)47-38-10-4-3-9-33(38)27-28-49-47;1-50(2)44-17-8-5-14-38(44)39-24-22-34(28-45(39)50)32-11-9-12-36(26-32)49-42-16-7-4-13-37(42)40-27-33(23-25-43(40)49)30-18-20-31(21-19-30)46-47-29-35-10-3-6-15-41(35)48-46;1-4-15-38-35(12-1)44(46-27-45-38)31-10-7-9-29(25-31)30-21-24-40-37(26-30)34-11-2-5-16-39(34)47(40)32-22-19-28(20-23-32)33-14-8-18-42-43(33)36-13-3-6-17-41(36)48-42/h3-30H,1-2H3;3-29H,1-2H3;1-27H. The highest BCUT2D eigenvalue weighted by atomic mass is 28.3. The Hall–Kier alpha value is -18.9. The topological polar surface area (TPSA) is 92.4 Å². The number of furan rings is 1. The van der Waals surface area contributed by atoms with Crippen LogP contribution in [0, 0.1) is 0 Å². The Bertz CT molecular complexity index is 10200. The first-order valence-corrected chi connectivity index (χ1v) is 53.8. The van der Waals surface area contributed by atoms with Crippen molar-refractivity contribution < 1.29 is 4.42 Å². The van der Waals surface area contributed by atoms with Crippen LogP contribution in [0.15, 0.2) is 502 Å². The zero-order valence-corrected chi connectivity index (χ0v) is 82.8. The number of pyridine rings is 1. The Morgan fingerprint density at radius 1 is 0.236 bits per heavy atom. The van der Waals surface area contributed by atoms with Gasteiger partial charge in [0.2, 0.25) is 0 Å². The SMILES string of the molecule is CC1(C)c2ccccc2-c2ccc(-c3ccc(-n4c5ccccc5c5cc(-c6ccc(-c7nccc8ccccc78)cc6)ccc54)cc3)cc21.C[Si]1(C)c2ccccc2-c2ccc(-c3cccc(-n4c5ccccc5c5cc(-c6ccc(-c7ncc8ccccc8n7)cc6)ccc54)c3)cc21.c1cc(-c2ccc3c(c2)c2ccccc2n3-c2ccc(-c3cccc4oc5ccccc5c34)cc2)cc(-c2ncnc3ccccc23)c1. The average molecular weight is 1910 g/mol. The fraction of sp³-hybridized carbons (Fsp3) is 0.0362. The van der Waals surface area contributed by atoms with Crippen molar-refractivity contribution in [2.75, 3.05) is 0 Å². The minimum absolute atomic E-state index is 0.0142. The average Bonchev–Trinajstić information content (AvgIpc) is 1.58. The van der Waals surface area contributed by atoms with E-state index in [-0.39, 0.29) is 5.41 Å². The summed E-state index contributed by atoms with van der Waals surface area (Å²) in [5.74, 6) is 0.742. The van der Waals surface area contributed by atoms with Gasteiger partial charge < -0.3 is 18.1 Å². The molecule has 30 rings (SSSR count). The molecule has 0 bridgehead atoms. The second kappa shape index (κ2) is 35.0. The van der Waals surface area contributed by atoms with Crippen molar-refractivity contribution in [2.24, 2.45) is 0 Å². The van der Waals surface area contributed by atoms with Gasteiger partial charge in [-0.3, -0.25) is 4.98 Å². The van der Waals surface area contributed by atoms with Gasteiger partial charge in [-0.1, -0.05) is 373 Å². The molecule has 696 valence electrons. The smallest absolute Gasteiger partial charge is 0.159 e. The van der Waals surface area contributed by atoms with E-state index in [1.54, 1.807) is 11.5 Å². The second-order valence-corrected chi connectivity index (χ2v) is 44.5. The third kappa shape index (κ3) is 14.6. The van der Waals surface area contributed by atoms with E-state index in [1.165, 1.54) is 176 Å². The number of hydrogen-bond acceptors (Lipinski definition) is 6. The van der Waals surface area contributed by atoms with Crippen LogP contribution in [0.25, 0.3) is 260 Å². The first-order valence-electron chi connectivity index (χ1n) is 50.8. The molecular formula is C138H94N8OSi. The predicted octanol–water partition coefficient (Wildman–Crippen LogP) is 34.8. The van der Waals surface area contributed by atoms with Crippen molar-refractivity contribution >= 4 is 138 Å². The van der Waals surface area contributed by atoms with E-state index in [0.29, 0.717) is 0 Å². The molecule has 0 fully saturated rings. The van der Waals surface area contributed by atoms with Crippen LogP contribution >= 0.6 is 0 Å². The van der Waals surface area contributed by atoms with Gasteiger partial charge in [0, 0.05) is 111 Å². The lowest BCUT2D eigenvalue weighted by Gasteiger charge is -2.22. The molecule has 0 N–H and O–H groups in total. The van der Waals surface area contributed by atoms with Crippen LogP contribution in [0.2, 0.25) is 13.1 Å². The summed E-state index contributed by atoms with van der Waals surface area (Å²) in [5, 5.41) is 17.3. The summed E-state index contributed by atoms with van der Waals surface area (Å²) in [6.45, 7) is 9.66. The summed E-state index contributed by atoms with van der Waals surface area (Å²) >= 11 is 0. The summed E-state index contributed by atoms with van der Waals surface area (Å²) in [6, 6.07) is 173. The minimum Gasteiger partial charge on any atom is -0.456 e. The predicted molar refractivity (Wildman–Crippen MR) is 620 cm³/mol. The van der Waals surface area contributed by atoms with Crippen LogP contribution in [-0.2, 0) is 5.41 Å². The highest BCUT2D eigenvalue weighted by Gasteiger charge is 2.39. The lowest BCUT2D eigenvalue weighted by atomic mass is 9.81. The van der Waals surface area contributed by atoms with Crippen molar-refractivity contribution in [2.45, 2.75) is 32.4 Å². The fourth-order valence-corrected chi connectivity index (χ4v) is 26.8. The van der Waals surface area contributed by atoms with Crippen molar-refractivity contribution in [3.8, 4) is 140 Å². The number of aromatic nitrogens is 8. The molecule has 0 spiro atoms. The molecule has 1 aliphatic carbocycles. The van der Waals surface area contributed by atoms with Crippen LogP contribution in [0.5, 0.6) is 0 Å². The molecule has 0 radical (unpaired) electrons. The monoisotopic (exact) mass is 1910 g/mol. The molecule has 1 aliphatic heterocycles. The Morgan fingerprint density at radius 2 is 0.669 bits per heavy atom. The van der Waals surface area contributed by atoms with Crippen molar-refractivity contribution in [3.63, 3.8) is 0 Å². The molecule has 28 aromatic rings. The van der Waals surface area contributed by atoms with E-state index in [4.69, 9.17) is 14.4 Å². The van der Waals surface area contributed by atoms with Crippen LogP contribution in [-0.4, -0.2) is 46.7 Å². The number of nitrogens with zero attached hydrogens (tertiary/aromatic N) is 8. The highest BCUT2D eigenvalue weighted by Crippen LogP contribution is 2.51. The maximum atomic E-state index is 6.17. The second-order valence-electron chi connectivity index (χ2n) is 40.1. The van der Waals surface area contributed by atoms with Crippen LogP contribution < -0.4 is 10.4 Å². The number of fused-ring (bicyclic) bond motifs is 21. The Labute approximate surface area is 856 Å². The molecule has 9 nitrogen and oxygen atoms in total. The van der Waals surface area contributed by atoms with Gasteiger partial charge in [0.05, 0.1) is 55.5 Å². The molecule has 0 unspecified atom stereocenters. The summed E-state index contributed by atoms with van der Waals surface area (Å²) in [5.41, 5.74) is 42.3. The van der Waals surface area contributed by atoms with E-state index in [1.807, 2.05) is 73.1 Å². The van der Waals surface area contributed by atoms with Gasteiger partial charge in [0.25, 0.3) is 0 Å². The minimum atomic E-state index is -1.76. The van der Waals surface area contributed by atoms with Crippen molar-refractivity contribution in [1.29, 1.82) is 0 Å². The van der Waals surface area contributed by atoms with Gasteiger partial charge in [-0.25, -0.2) is 19.9 Å². The fourth-order valence-electron chi connectivity index (χ4n) is 23.7. The van der Waals surface area contributed by atoms with E-state index >= 15 is 0 Å². The maximum absolute atomic E-state index is 6.17. The zero-order chi connectivity index (χ0) is 98.4. The van der Waals surface area contributed by atoms with E-state index < -0.39 is 8.07 Å². The molecule has 7 aromatic heterocycles. The van der Waals surface area contributed by atoms with Crippen molar-refractivity contribution in [3.05, 3.63) is 509 Å². The van der Waals surface area contributed by atoms with Gasteiger partial charge in [0.15, 0.2) is 5.82 Å². The Morgan fingerprint density at radius 3 is 1.34 bits per heavy atom. The first-order chi connectivity index (χ1) is 72.9. The number of hydrogen-bond donors (Lipinski definition) is 0. The van der Waals surface area contributed by atoms with E-state index in [0.717, 1.165) is 100 Å². The van der Waals surface area contributed by atoms with Crippen molar-refractivity contribution in [1.82, 2.24) is 38.6 Å². The summed E-state index contributed by atoms with van der Waals surface area (Å²) in [6.07, 6.45) is 5.45. The summed E-state index contributed by atoms with van der Waals surface area (Å²) in [7, 11) is -1.76. The quantitative estimate of drug-likeness (QED) is 0.113. The van der Waals surface area contributed by atoms with Crippen LogP contribution in [0.4, 0.5) is 0 Å². The Balaban J connectivity index is 0.000000107. The van der Waals surface area contributed by atoms with Crippen LogP contribution in [0.1, 0.15) is 25.0 Å². The van der Waals surface area contributed by atoms with Gasteiger partial charge in [0.1, 0.15) is 25.6 Å². The molecule has 10 heteroatoms. The van der Waals surface area contributed by atoms with E-state index in [9.17, 15) is 0 Å². The molecule has 0 saturated heterocycles. The van der Waals surface area contributed by atoms with Gasteiger partial charge in [-0.05, 0) is 249 Å². The Kier molecular flexibility index (Phi) is 20.6. The van der Waals surface area contributed by atoms with Gasteiger partial charge >= 0.3 is 0 Å². The third-order valence-electron chi connectivity index (χ3n) is 31.1. The molecule has 21 aromatic carbocycles. The molecule has 2 aliphatic rings. The summed E-state index contributed by atoms with van der Waals surface area (Å²) in [4.78, 5) is 23.3. The van der Waals surface area contributed by atoms with E-state index in [2.05, 4.69) is 474 Å². The molecule has 148 heavy (non-hydrogen) atoms. The molecular weight excluding hydrogens is 1810 g/mol. The lowest BCUT2D eigenvalue weighted by molar-refractivity contribution is 0.660.